The average molecular weight is 618 g/mol. The Morgan fingerprint density at radius 1 is 1.07 bits per heavy atom. The lowest BCUT2D eigenvalue weighted by Gasteiger charge is -2.36. The van der Waals surface area contributed by atoms with Crippen LogP contribution in [0.2, 0.25) is 0 Å². The smallest absolute Gasteiger partial charge is 0.323 e. The van der Waals surface area contributed by atoms with E-state index < -0.39 is 12.1 Å². The third kappa shape index (κ3) is 10.3. The molecular weight excluding hydrogens is 570 g/mol. The zero-order valence-electron chi connectivity index (χ0n) is 26.8. The summed E-state index contributed by atoms with van der Waals surface area (Å²) in [6.07, 6.45) is 5.94. The van der Waals surface area contributed by atoms with Gasteiger partial charge in [-0.15, -0.1) is 0 Å². The summed E-state index contributed by atoms with van der Waals surface area (Å²) in [7, 11) is 2.07. The van der Waals surface area contributed by atoms with E-state index in [9.17, 15) is 14.7 Å². The highest BCUT2D eigenvalue weighted by Crippen LogP contribution is 2.28. The van der Waals surface area contributed by atoms with Crippen LogP contribution < -0.4 is 15.4 Å². The number of nitrogens with one attached hydrogen (secondary N) is 2. The van der Waals surface area contributed by atoms with Gasteiger partial charge >= 0.3 is 6.03 Å². The molecule has 0 spiro atoms. The number of likely N-dealkylation sites (N-methyl/N-ethyl adjacent to an activating group) is 1. The molecule has 2 heterocycles. The van der Waals surface area contributed by atoms with Gasteiger partial charge in [-0.05, 0) is 88.2 Å². The minimum absolute atomic E-state index is 0.0352. The molecule has 0 bridgehead atoms. The van der Waals surface area contributed by atoms with E-state index in [2.05, 4.69) is 34.5 Å². The Kier molecular flexibility index (Phi) is 12.7. The summed E-state index contributed by atoms with van der Waals surface area (Å²) in [5.74, 6) is 0.136. The molecule has 1 aliphatic rings. The number of rotatable bonds is 8. The molecule has 3 N–H and O–H groups in total. The molecular formula is C35H47N5O5. The average Bonchev–Trinajstić information content (AvgIpc) is 3.03. The van der Waals surface area contributed by atoms with Crippen molar-refractivity contribution in [1.29, 1.82) is 0 Å². The predicted octanol–water partition coefficient (Wildman–Crippen LogP) is 5.65. The lowest BCUT2D eigenvalue weighted by molar-refractivity contribution is -0.0177. The standard InChI is InChI=1S/C35H47N5O5/c1-25-21-40(26(2)24-41)34(42)31-20-30(38-35(43)37-29-11-6-5-7-12-29)13-14-32(31)45-27(3)10-8-9-19-44-33(25)23-39(4)22-28-15-17-36-18-16-28/h5-7,11-18,20,25-27,33,41H,8-10,19,21-24H2,1-4H3,(H2,37,38,43)/t25-,26-,27+,33+/m0/s1. The number of carbonyl (C=O) groups is 2. The van der Waals surface area contributed by atoms with Crippen molar-refractivity contribution < 1.29 is 24.2 Å². The fourth-order valence-corrected chi connectivity index (χ4v) is 5.45. The molecule has 10 heteroatoms. The second kappa shape index (κ2) is 16.9. The Hall–Kier alpha value is -3.99. The molecule has 45 heavy (non-hydrogen) atoms. The number of carbonyl (C=O) groups excluding carboxylic acids is 2. The van der Waals surface area contributed by atoms with Gasteiger partial charge in [-0.2, -0.15) is 0 Å². The van der Waals surface area contributed by atoms with Crippen LogP contribution in [0.3, 0.4) is 0 Å². The number of para-hydroxylation sites is 1. The maximum absolute atomic E-state index is 14.3. The highest BCUT2D eigenvalue weighted by Gasteiger charge is 2.30. The summed E-state index contributed by atoms with van der Waals surface area (Å²) in [6, 6.07) is 17.4. The van der Waals surface area contributed by atoms with E-state index in [1.165, 1.54) is 5.56 Å². The van der Waals surface area contributed by atoms with Crippen LogP contribution in [0, 0.1) is 5.92 Å². The van der Waals surface area contributed by atoms with Crippen molar-refractivity contribution in [3.63, 3.8) is 0 Å². The zero-order valence-corrected chi connectivity index (χ0v) is 26.8. The second-order valence-corrected chi connectivity index (χ2v) is 12.0. The minimum Gasteiger partial charge on any atom is -0.490 e. The van der Waals surface area contributed by atoms with Crippen molar-refractivity contribution in [2.24, 2.45) is 5.92 Å². The Bertz CT molecular complexity index is 1360. The number of hydrogen-bond acceptors (Lipinski definition) is 7. The van der Waals surface area contributed by atoms with Crippen LogP contribution in [0.25, 0.3) is 0 Å². The van der Waals surface area contributed by atoms with Crippen molar-refractivity contribution in [2.75, 3.05) is 44.0 Å². The molecule has 0 saturated carbocycles. The maximum Gasteiger partial charge on any atom is 0.323 e. The first kappa shape index (κ1) is 33.9. The molecule has 242 valence electrons. The van der Waals surface area contributed by atoms with Crippen LogP contribution in [0.1, 0.15) is 56.0 Å². The van der Waals surface area contributed by atoms with Gasteiger partial charge in [0, 0.05) is 55.9 Å². The van der Waals surface area contributed by atoms with E-state index in [0.717, 1.165) is 25.8 Å². The first-order valence-corrected chi connectivity index (χ1v) is 15.8. The fraction of sp³-hybridized carbons (Fsp3) is 0.457. The van der Waals surface area contributed by atoms with Crippen LogP contribution in [0.5, 0.6) is 5.75 Å². The van der Waals surface area contributed by atoms with Crippen LogP contribution in [-0.2, 0) is 11.3 Å². The number of anilines is 2. The molecule has 1 aromatic heterocycles. The zero-order chi connectivity index (χ0) is 32.2. The molecule has 0 aliphatic carbocycles. The first-order chi connectivity index (χ1) is 21.7. The summed E-state index contributed by atoms with van der Waals surface area (Å²) < 4.78 is 12.8. The van der Waals surface area contributed by atoms with Crippen molar-refractivity contribution >= 4 is 23.3 Å². The Labute approximate surface area is 266 Å². The second-order valence-electron chi connectivity index (χ2n) is 12.0. The van der Waals surface area contributed by atoms with Gasteiger partial charge in [0.1, 0.15) is 5.75 Å². The lowest BCUT2D eigenvalue weighted by atomic mass is 10.0. The molecule has 0 unspecified atom stereocenters. The van der Waals surface area contributed by atoms with Gasteiger partial charge in [0.2, 0.25) is 0 Å². The van der Waals surface area contributed by atoms with Gasteiger partial charge in [-0.25, -0.2) is 4.79 Å². The summed E-state index contributed by atoms with van der Waals surface area (Å²) >= 11 is 0. The molecule has 0 fully saturated rings. The maximum atomic E-state index is 14.3. The number of aromatic nitrogens is 1. The first-order valence-electron chi connectivity index (χ1n) is 15.8. The molecule has 1 aliphatic heterocycles. The molecule has 2 aromatic carbocycles. The molecule has 3 aromatic rings. The number of amides is 3. The number of nitrogens with zero attached hydrogens (tertiary/aromatic N) is 3. The molecule has 3 amide bonds. The van der Waals surface area contributed by atoms with Gasteiger partial charge < -0.3 is 30.1 Å². The van der Waals surface area contributed by atoms with E-state index in [1.807, 2.05) is 44.2 Å². The van der Waals surface area contributed by atoms with Crippen LogP contribution >= 0.6 is 0 Å². The van der Waals surface area contributed by atoms with Crippen molar-refractivity contribution in [3.8, 4) is 5.75 Å². The van der Waals surface area contributed by atoms with Gasteiger partial charge in [0.25, 0.3) is 5.91 Å². The summed E-state index contributed by atoms with van der Waals surface area (Å²) in [5, 5.41) is 15.8. The van der Waals surface area contributed by atoms with Gasteiger partial charge in [-0.1, -0.05) is 25.1 Å². The highest BCUT2D eigenvalue weighted by atomic mass is 16.5. The van der Waals surface area contributed by atoms with E-state index in [-0.39, 0.29) is 30.6 Å². The normalized spacial score (nSPS) is 20.4. The number of aliphatic hydroxyl groups is 1. The van der Waals surface area contributed by atoms with Crippen LogP contribution in [0.4, 0.5) is 16.2 Å². The van der Waals surface area contributed by atoms with Gasteiger partial charge in [0.15, 0.2) is 0 Å². The quantitative estimate of drug-likeness (QED) is 0.299. The van der Waals surface area contributed by atoms with E-state index in [1.54, 1.807) is 47.6 Å². The molecule has 4 atom stereocenters. The topological polar surface area (TPSA) is 116 Å². The van der Waals surface area contributed by atoms with Gasteiger partial charge in [-0.3, -0.25) is 14.7 Å². The third-order valence-electron chi connectivity index (χ3n) is 8.03. The molecule has 0 saturated heterocycles. The predicted molar refractivity (Wildman–Crippen MR) is 177 cm³/mol. The number of benzene rings is 2. The number of fused-ring (bicyclic) bond motifs is 1. The van der Waals surface area contributed by atoms with Crippen LogP contribution in [0.15, 0.2) is 73.1 Å². The number of ether oxygens (including phenoxy) is 2. The van der Waals surface area contributed by atoms with E-state index in [4.69, 9.17) is 9.47 Å². The lowest BCUT2D eigenvalue weighted by Crippen LogP contribution is -2.47. The Morgan fingerprint density at radius 2 is 1.80 bits per heavy atom. The minimum atomic E-state index is -0.452. The Morgan fingerprint density at radius 3 is 2.53 bits per heavy atom. The number of aliphatic hydroxyl groups excluding tert-OH is 1. The SMILES string of the molecule is C[C@@H]1CCCCO[C@H](CN(C)Cc2ccncc2)[C@@H](C)CN([C@@H](C)CO)C(=O)c2cc(NC(=O)Nc3ccccc3)ccc2O1. The van der Waals surface area contributed by atoms with E-state index >= 15 is 0 Å². The van der Waals surface area contributed by atoms with E-state index in [0.29, 0.717) is 42.4 Å². The number of pyridine rings is 1. The molecule has 10 nitrogen and oxygen atoms in total. The monoisotopic (exact) mass is 617 g/mol. The number of hydrogen-bond donors (Lipinski definition) is 3. The highest BCUT2D eigenvalue weighted by molar-refractivity contribution is 6.02. The van der Waals surface area contributed by atoms with Gasteiger partial charge in [0.05, 0.1) is 30.4 Å². The largest absolute Gasteiger partial charge is 0.490 e. The van der Waals surface area contributed by atoms with Crippen molar-refractivity contribution in [2.45, 2.75) is 64.8 Å². The summed E-state index contributed by atoms with van der Waals surface area (Å²) in [6.45, 7) is 8.13. The summed E-state index contributed by atoms with van der Waals surface area (Å²) in [4.78, 5) is 35.1. The van der Waals surface area contributed by atoms with Crippen molar-refractivity contribution in [3.05, 3.63) is 84.2 Å². The Balaban J connectivity index is 1.59. The third-order valence-corrected chi connectivity index (χ3v) is 8.03. The fourth-order valence-electron chi connectivity index (χ4n) is 5.45. The number of urea groups is 1. The van der Waals surface area contributed by atoms with Crippen LogP contribution in [-0.4, -0.2) is 83.4 Å². The van der Waals surface area contributed by atoms with Crippen molar-refractivity contribution in [1.82, 2.24) is 14.8 Å². The summed E-state index contributed by atoms with van der Waals surface area (Å²) in [5.41, 5.74) is 2.61. The molecule has 0 radical (unpaired) electrons. The molecule has 4 rings (SSSR count).